The van der Waals surface area contributed by atoms with Crippen LogP contribution in [0.25, 0.3) is 5.69 Å². The lowest BCUT2D eigenvalue weighted by Crippen LogP contribution is -2.13. The summed E-state index contributed by atoms with van der Waals surface area (Å²) in [5.74, 6) is 0.353. The predicted molar refractivity (Wildman–Crippen MR) is 81.2 cm³/mol. The number of ketones is 1. The molecule has 0 spiro atoms. The van der Waals surface area contributed by atoms with Crippen LogP contribution in [0.4, 0.5) is 0 Å². The summed E-state index contributed by atoms with van der Waals surface area (Å²) in [5.41, 5.74) is 1.70. The Hall–Kier alpha value is -1.90. The van der Waals surface area contributed by atoms with E-state index in [0.717, 1.165) is 36.9 Å². The Labute approximate surface area is 120 Å². The Kier molecular flexibility index (Phi) is 5.10. The fourth-order valence-electron chi connectivity index (χ4n) is 2.38. The van der Waals surface area contributed by atoms with E-state index in [1.165, 1.54) is 0 Å². The zero-order valence-electron chi connectivity index (χ0n) is 12.2. The van der Waals surface area contributed by atoms with E-state index >= 15 is 0 Å². The first-order chi connectivity index (χ1) is 9.76. The average Bonchev–Trinajstić information content (AvgIpc) is 2.98. The standard InChI is InChI=1S/C17H22N2O/c1-3-5-9-14(4-2)17(20)15-12-18-19(13-15)16-10-7-6-8-11-16/h6-8,10-14H,3-5,9H2,1-2H3. The monoisotopic (exact) mass is 270 g/mol. The average molecular weight is 270 g/mol. The van der Waals surface area contributed by atoms with Crippen LogP contribution in [0, 0.1) is 5.92 Å². The SMILES string of the molecule is CCCCC(CC)C(=O)c1cnn(-c2ccccc2)c1. The molecule has 1 heterocycles. The van der Waals surface area contributed by atoms with Gasteiger partial charge >= 0.3 is 0 Å². The van der Waals surface area contributed by atoms with Crippen molar-refractivity contribution in [3.05, 3.63) is 48.3 Å². The normalized spacial score (nSPS) is 12.3. The van der Waals surface area contributed by atoms with Crippen LogP contribution in [0.3, 0.4) is 0 Å². The molecule has 1 aromatic carbocycles. The van der Waals surface area contributed by atoms with Crippen LogP contribution in [0.5, 0.6) is 0 Å². The summed E-state index contributed by atoms with van der Waals surface area (Å²) in [4.78, 5) is 12.5. The van der Waals surface area contributed by atoms with Gasteiger partial charge in [-0.25, -0.2) is 4.68 Å². The van der Waals surface area contributed by atoms with Crippen LogP contribution in [0.1, 0.15) is 49.9 Å². The van der Waals surface area contributed by atoms with Gasteiger partial charge in [-0.1, -0.05) is 44.9 Å². The second-order valence-corrected chi connectivity index (χ2v) is 5.12. The van der Waals surface area contributed by atoms with E-state index in [1.54, 1.807) is 10.9 Å². The van der Waals surface area contributed by atoms with Crippen LogP contribution in [-0.2, 0) is 0 Å². The quantitative estimate of drug-likeness (QED) is 0.704. The summed E-state index contributed by atoms with van der Waals surface area (Å²) < 4.78 is 1.76. The van der Waals surface area contributed by atoms with Crippen molar-refractivity contribution in [1.29, 1.82) is 0 Å². The van der Waals surface area contributed by atoms with Crippen molar-refractivity contribution in [2.24, 2.45) is 5.92 Å². The van der Waals surface area contributed by atoms with Gasteiger partial charge < -0.3 is 0 Å². The fourth-order valence-corrected chi connectivity index (χ4v) is 2.38. The second-order valence-electron chi connectivity index (χ2n) is 5.12. The third-order valence-corrected chi connectivity index (χ3v) is 3.66. The molecular weight excluding hydrogens is 248 g/mol. The molecule has 0 fully saturated rings. The molecule has 0 bridgehead atoms. The van der Waals surface area contributed by atoms with Gasteiger partial charge in [0, 0.05) is 12.1 Å². The van der Waals surface area contributed by atoms with Crippen molar-refractivity contribution < 1.29 is 4.79 Å². The molecule has 0 aliphatic rings. The maximum Gasteiger partial charge on any atom is 0.169 e. The van der Waals surface area contributed by atoms with E-state index in [4.69, 9.17) is 0 Å². The van der Waals surface area contributed by atoms with Crippen molar-refractivity contribution in [2.45, 2.75) is 39.5 Å². The molecule has 2 aromatic rings. The van der Waals surface area contributed by atoms with Crippen molar-refractivity contribution in [2.75, 3.05) is 0 Å². The highest BCUT2D eigenvalue weighted by Crippen LogP contribution is 2.19. The summed E-state index contributed by atoms with van der Waals surface area (Å²) in [6, 6.07) is 9.87. The highest BCUT2D eigenvalue weighted by atomic mass is 16.1. The van der Waals surface area contributed by atoms with E-state index in [0.29, 0.717) is 0 Å². The van der Waals surface area contributed by atoms with Crippen molar-refractivity contribution in [3.63, 3.8) is 0 Å². The van der Waals surface area contributed by atoms with Crippen molar-refractivity contribution in [1.82, 2.24) is 9.78 Å². The Bertz CT molecular complexity index is 545. The molecule has 0 radical (unpaired) electrons. The number of hydrogen-bond donors (Lipinski definition) is 0. The molecule has 3 heteroatoms. The van der Waals surface area contributed by atoms with Crippen molar-refractivity contribution >= 4 is 5.78 Å². The number of nitrogens with zero attached hydrogens (tertiary/aromatic N) is 2. The highest BCUT2D eigenvalue weighted by Gasteiger charge is 2.19. The molecule has 3 nitrogen and oxygen atoms in total. The molecule has 0 amide bonds. The first kappa shape index (κ1) is 14.5. The maximum atomic E-state index is 12.5. The number of benzene rings is 1. The smallest absolute Gasteiger partial charge is 0.169 e. The Morgan fingerprint density at radius 3 is 2.65 bits per heavy atom. The van der Waals surface area contributed by atoms with Gasteiger partial charge in [0.1, 0.15) is 0 Å². The third kappa shape index (κ3) is 3.35. The molecule has 106 valence electrons. The van der Waals surface area contributed by atoms with E-state index in [1.807, 2.05) is 36.5 Å². The number of rotatable bonds is 7. The van der Waals surface area contributed by atoms with Crippen LogP contribution >= 0.6 is 0 Å². The zero-order valence-corrected chi connectivity index (χ0v) is 12.2. The van der Waals surface area contributed by atoms with Gasteiger partial charge in [0.05, 0.1) is 17.4 Å². The molecule has 2 rings (SSSR count). The van der Waals surface area contributed by atoms with Gasteiger partial charge in [0.25, 0.3) is 0 Å². The lowest BCUT2D eigenvalue weighted by atomic mass is 9.92. The van der Waals surface area contributed by atoms with Crippen LogP contribution in [-0.4, -0.2) is 15.6 Å². The van der Waals surface area contributed by atoms with Gasteiger partial charge in [-0.15, -0.1) is 0 Å². The van der Waals surface area contributed by atoms with Gasteiger partial charge in [-0.3, -0.25) is 4.79 Å². The van der Waals surface area contributed by atoms with Crippen LogP contribution in [0.15, 0.2) is 42.7 Å². The lowest BCUT2D eigenvalue weighted by molar-refractivity contribution is 0.0908. The molecule has 0 N–H and O–H groups in total. The molecule has 0 saturated carbocycles. The summed E-state index contributed by atoms with van der Waals surface area (Å²) in [7, 11) is 0. The molecule has 1 unspecified atom stereocenters. The minimum absolute atomic E-state index is 0.128. The van der Waals surface area contributed by atoms with E-state index in [-0.39, 0.29) is 11.7 Å². The van der Waals surface area contributed by atoms with E-state index in [9.17, 15) is 4.79 Å². The largest absolute Gasteiger partial charge is 0.294 e. The molecule has 1 aromatic heterocycles. The topological polar surface area (TPSA) is 34.9 Å². The second kappa shape index (κ2) is 7.04. The minimum atomic E-state index is 0.128. The summed E-state index contributed by atoms with van der Waals surface area (Å²) in [6.45, 7) is 4.24. The van der Waals surface area contributed by atoms with Crippen LogP contribution < -0.4 is 0 Å². The molecular formula is C17H22N2O. The maximum absolute atomic E-state index is 12.5. The third-order valence-electron chi connectivity index (χ3n) is 3.66. The first-order valence-electron chi connectivity index (χ1n) is 7.40. The summed E-state index contributed by atoms with van der Waals surface area (Å²) in [6.07, 6.45) is 7.64. The van der Waals surface area contributed by atoms with E-state index in [2.05, 4.69) is 18.9 Å². The highest BCUT2D eigenvalue weighted by molar-refractivity contribution is 5.97. The Morgan fingerprint density at radius 1 is 1.25 bits per heavy atom. The number of carbonyl (C=O) groups is 1. The molecule has 0 saturated heterocycles. The van der Waals surface area contributed by atoms with Crippen molar-refractivity contribution in [3.8, 4) is 5.69 Å². The Balaban J connectivity index is 2.13. The zero-order chi connectivity index (χ0) is 14.4. The number of Topliss-reactive ketones (excluding diaryl/α,β-unsaturated/α-hetero) is 1. The number of para-hydroxylation sites is 1. The predicted octanol–water partition coefficient (Wildman–Crippen LogP) is 4.27. The number of hydrogen-bond acceptors (Lipinski definition) is 2. The van der Waals surface area contributed by atoms with Gasteiger partial charge in [0.2, 0.25) is 0 Å². The van der Waals surface area contributed by atoms with Gasteiger partial charge in [0.15, 0.2) is 5.78 Å². The lowest BCUT2D eigenvalue weighted by Gasteiger charge is -2.11. The van der Waals surface area contributed by atoms with Gasteiger partial charge in [-0.2, -0.15) is 5.10 Å². The fraction of sp³-hybridized carbons (Fsp3) is 0.412. The molecule has 20 heavy (non-hydrogen) atoms. The molecule has 0 aliphatic heterocycles. The number of unbranched alkanes of at least 4 members (excludes halogenated alkanes) is 1. The summed E-state index contributed by atoms with van der Waals surface area (Å²) in [5, 5.41) is 4.30. The van der Waals surface area contributed by atoms with Crippen LogP contribution in [0.2, 0.25) is 0 Å². The first-order valence-corrected chi connectivity index (χ1v) is 7.40. The number of aromatic nitrogens is 2. The summed E-state index contributed by atoms with van der Waals surface area (Å²) >= 11 is 0. The minimum Gasteiger partial charge on any atom is -0.294 e. The molecule has 0 aliphatic carbocycles. The number of carbonyl (C=O) groups excluding carboxylic acids is 1. The van der Waals surface area contributed by atoms with Gasteiger partial charge in [-0.05, 0) is 25.0 Å². The molecule has 1 atom stereocenters. The Morgan fingerprint density at radius 2 is 2.00 bits per heavy atom. The van der Waals surface area contributed by atoms with E-state index < -0.39 is 0 Å².